The molecule has 0 aromatic heterocycles. The van der Waals surface area contributed by atoms with Crippen molar-refractivity contribution in [3.8, 4) is 0 Å². The molecule has 2 nitrogen and oxygen atoms in total. The molecule has 2 unspecified atom stereocenters. The predicted octanol–water partition coefficient (Wildman–Crippen LogP) is 1.13. The van der Waals surface area contributed by atoms with E-state index in [0.717, 1.165) is 23.9 Å². The Hall–Kier alpha value is -0.0800. The number of hydrogen-bond donors (Lipinski definition) is 2. The van der Waals surface area contributed by atoms with Gasteiger partial charge in [0.15, 0.2) is 0 Å². The second-order valence-electron chi connectivity index (χ2n) is 5.13. The Morgan fingerprint density at radius 3 is 2.69 bits per heavy atom. The molecule has 1 saturated heterocycles. The Morgan fingerprint density at radius 1 is 1.15 bits per heavy atom. The Labute approximate surface area is 80.5 Å². The van der Waals surface area contributed by atoms with Gasteiger partial charge in [0.1, 0.15) is 0 Å². The molecule has 0 bridgehead atoms. The average molecular weight is 180 g/mol. The molecule has 3 atom stereocenters. The Morgan fingerprint density at radius 2 is 2.00 bits per heavy atom. The van der Waals surface area contributed by atoms with Gasteiger partial charge in [-0.25, -0.2) is 0 Å². The smallest absolute Gasteiger partial charge is 0.0193 e. The third-order valence-corrected chi connectivity index (χ3v) is 4.06. The fourth-order valence-corrected chi connectivity index (χ4v) is 3.12. The molecule has 0 aromatic carbocycles. The molecular formula is C11H20N2. The van der Waals surface area contributed by atoms with Gasteiger partial charge in [-0.1, -0.05) is 0 Å². The van der Waals surface area contributed by atoms with Crippen LogP contribution in [0.4, 0.5) is 0 Å². The molecule has 3 rings (SSSR count). The molecule has 3 fully saturated rings. The summed E-state index contributed by atoms with van der Waals surface area (Å²) >= 11 is 0. The first-order chi connectivity index (χ1) is 6.42. The van der Waals surface area contributed by atoms with Gasteiger partial charge in [-0.15, -0.1) is 0 Å². The summed E-state index contributed by atoms with van der Waals surface area (Å²) in [6.07, 6.45) is 7.24. The highest BCUT2D eigenvalue weighted by Crippen LogP contribution is 2.51. The maximum Gasteiger partial charge on any atom is 0.0193 e. The van der Waals surface area contributed by atoms with Crippen LogP contribution in [0.1, 0.15) is 32.1 Å². The Kier molecular flexibility index (Phi) is 2.06. The van der Waals surface area contributed by atoms with E-state index in [1.807, 2.05) is 0 Å². The van der Waals surface area contributed by atoms with Gasteiger partial charge >= 0.3 is 0 Å². The van der Waals surface area contributed by atoms with Crippen LogP contribution in [0.2, 0.25) is 0 Å². The quantitative estimate of drug-likeness (QED) is 0.680. The molecule has 0 radical (unpaired) electrons. The molecule has 2 aliphatic carbocycles. The Bertz CT molecular complexity index is 177. The highest BCUT2D eigenvalue weighted by Gasteiger charge is 2.45. The molecular weight excluding hydrogens is 160 g/mol. The Balaban J connectivity index is 1.38. The minimum Gasteiger partial charge on any atom is -0.313 e. The summed E-state index contributed by atoms with van der Waals surface area (Å²) in [5.74, 6) is 2.24. The van der Waals surface area contributed by atoms with E-state index in [1.54, 1.807) is 6.42 Å². The number of fused-ring (bicyclic) bond motifs is 1. The molecule has 2 N–H and O–H groups in total. The zero-order chi connectivity index (χ0) is 8.67. The van der Waals surface area contributed by atoms with Crippen molar-refractivity contribution in [2.24, 2.45) is 11.8 Å². The molecule has 1 heterocycles. The summed E-state index contributed by atoms with van der Waals surface area (Å²) in [5, 5.41) is 7.26. The summed E-state index contributed by atoms with van der Waals surface area (Å²) in [7, 11) is 0. The van der Waals surface area contributed by atoms with E-state index in [1.165, 1.54) is 38.8 Å². The van der Waals surface area contributed by atoms with Gasteiger partial charge < -0.3 is 10.6 Å². The van der Waals surface area contributed by atoms with E-state index >= 15 is 0 Å². The van der Waals surface area contributed by atoms with E-state index < -0.39 is 0 Å². The van der Waals surface area contributed by atoms with Crippen LogP contribution in [0.25, 0.3) is 0 Å². The standard InChI is InChI=1S/C11H20N2/c1-2-10(12-3-1)7-13-11-5-8-4-9(8)6-11/h8-13H,1-7H2/t8?,9?,10-,11?/m0/s1. The van der Waals surface area contributed by atoms with Crippen molar-refractivity contribution in [2.45, 2.75) is 44.2 Å². The first-order valence-electron chi connectivity index (χ1n) is 5.88. The van der Waals surface area contributed by atoms with Crippen LogP contribution < -0.4 is 10.6 Å². The SMILES string of the molecule is C1CN[C@H](CNC2CC3CC3C2)C1. The predicted molar refractivity (Wildman–Crippen MR) is 53.6 cm³/mol. The van der Waals surface area contributed by atoms with Crippen molar-refractivity contribution < 1.29 is 0 Å². The third kappa shape index (κ3) is 1.75. The van der Waals surface area contributed by atoms with E-state index in [9.17, 15) is 0 Å². The fraction of sp³-hybridized carbons (Fsp3) is 1.00. The second kappa shape index (κ2) is 3.25. The second-order valence-corrected chi connectivity index (χ2v) is 5.13. The van der Waals surface area contributed by atoms with Gasteiger partial charge in [-0.05, 0) is 50.5 Å². The summed E-state index contributed by atoms with van der Waals surface area (Å²) in [5.41, 5.74) is 0. The molecule has 0 amide bonds. The van der Waals surface area contributed by atoms with Gasteiger partial charge in [-0.3, -0.25) is 0 Å². The zero-order valence-corrected chi connectivity index (χ0v) is 8.26. The lowest BCUT2D eigenvalue weighted by atomic mass is 10.1. The van der Waals surface area contributed by atoms with Crippen LogP contribution in [0, 0.1) is 11.8 Å². The van der Waals surface area contributed by atoms with Crippen LogP contribution in [-0.4, -0.2) is 25.2 Å². The van der Waals surface area contributed by atoms with Crippen LogP contribution >= 0.6 is 0 Å². The molecule has 1 aliphatic heterocycles. The van der Waals surface area contributed by atoms with Crippen molar-refractivity contribution in [2.75, 3.05) is 13.1 Å². The van der Waals surface area contributed by atoms with Gasteiger partial charge in [0, 0.05) is 18.6 Å². The van der Waals surface area contributed by atoms with Crippen LogP contribution in [0.5, 0.6) is 0 Å². The monoisotopic (exact) mass is 180 g/mol. The summed E-state index contributed by atoms with van der Waals surface area (Å²) in [6.45, 7) is 2.45. The van der Waals surface area contributed by atoms with Gasteiger partial charge in [0.2, 0.25) is 0 Å². The van der Waals surface area contributed by atoms with Crippen LogP contribution in [0.3, 0.4) is 0 Å². The molecule has 0 aromatic rings. The van der Waals surface area contributed by atoms with E-state index in [4.69, 9.17) is 0 Å². The maximum atomic E-state index is 3.72. The first-order valence-corrected chi connectivity index (χ1v) is 5.88. The lowest BCUT2D eigenvalue weighted by Gasteiger charge is -2.17. The minimum absolute atomic E-state index is 0.775. The van der Waals surface area contributed by atoms with Crippen molar-refractivity contribution in [3.05, 3.63) is 0 Å². The van der Waals surface area contributed by atoms with Crippen molar-refractivity contribution in [1.29, 1.82) is 0 Å². The lowest BCUT2D eigenvalue weighted by molar-refractivity contribution is 0.440. The maximum absolute atomic E-state index is 3.72. The number of nitrogens with one attached hydrogen (secondary N) is 2. The molecule has 74 valence electrons. The highest BCUT2D eigenvalue weighted by atomic mass is 15.0. The number of hydrogen-bond acceptors (Lipinski definition) is 2. The van der Waals surface area contributed by atoms with E-state index in [-0.39, 0.29) is 0 Å². The minimum atomic E-state index is 0.775. The fourth-order valence-electron chi connectivity index (χ4n) is 3.12. The van der Waals surface area contributed by atoms with E-state index in [0.29, 0.717) is 0 Å². The van der Waals surface area contributed by atoms with Crippen LogP contribution in [0.15, 0.2) is 0 Å². The first kappa shape index (κ1) is 8.25. The molecule has 0 spiro atoms. The average Bonchev–Trinajstić information content (AvgIpc) is 2.64. The topological polar surface area (TPSA) is 24.1 Å². The normalized spacial score (nSPS) is 48.0. The van der Waals surface area contributed by atoms with Crippen molar-refractivity contribution in [3.63, 3.8) is 0 Å². The summed E-state index contributed by atoms with van der Waals surface area (Å²) < 4.78 is 0. The van der Waals surface area contributed by atoms with Crippen molar-refractivity contribution >= 4 is 0 Å². The van der Waals surface area contributed by atoms with Gasteiger partial charge in [0.05, 0.1) is 0 Å². The molecule has 2 heteroatoms. The molecule has 13 heavy (non-hydrogen) atoms. The molecule has 2 saturated carbocycles. The summed E-state index contributed by atoms with van der Waals surface area (Å²) in [6, 6.07) is 1.64. The largest absolute Gasteiger partial charge is 0.313 e. The summed E-state index contributed by atoms with van der Waals surface area (Å²) in [4.78, 5) is 0. The molecule has 3 aliphatic rings. The van der Waals surface area contributed by atoms with Crippen molar-refractivity contribution in [1.82, 2.24) is 10.6 Å². The van der Waals surface area contributed by atoms with Gasteiger partial charge in [0.25, 0.3) is 0 Å². The van der Waals surface area contributed by atoms with E-state index in [2.05, 4.69) is 10.6 Å². The lowest BCUT2D eigenvalue weighted by Crippen LogP contribution is -2.38. The third-order valence-electron chi connectivity index (χ3n) is 4.06. The number of rotatable bonds is 3. The van der Waals surface area contributed by atoms with Crippen LogP contribution in [-0.2, 0) is 0 Å². The highest BCUT2D eigenvalue weighted by molar-refractivity contribution is 4.99. The van der Waals surface area contributed by atoms with Gasteiger partial charge in [-0.2, -0.15) is 0 Å². The zero-order valence-electron chi connectivity index (χ0n) is 8.26.